The molecule has 2 aromatic heterocycles. The molecule has 2 fully saturated rings. The molecule has 2 saturated heterocycles. The normalized spacial score (nSPS) is 27.7. The van der Waals surface area contributed by atoms with Gasteiger partial charge in [-0.1, -0.05) is 0 Å². The first-order valence-corrected chi connectivity index (χ1v) is 7.46. The molecular formula is C13H16N4S. The second kappa shape index (κ2) is 4.17. The summed E-state index contributed by atoms with van der Waals surface area (Å²) in [7, 11) is 0. The summed E-state index contributed by atoms with van der Waals surface area (Å²) in [6.07, 6.45) is 4.36. The van der Waals surface area contributed by atoms with E-state index >= 15 is 0 Å². The van der Waals surface area contributed by atoms with Gasteiger partial charge in [-0.3, -0.25) is 0 Å². The van der Waals surface area contributed by atoms with Gasteiger partial charge < -0.3 is 10.2 Å². The molecule has 0 radical (unpaired) electrons. The molecule has 4 heterocycles. The lowest BCUT2D eigenvalue weighted by Gasteiger charge is -2.24. The maximum absolute atomic E-state index is 4.52. The van der Waals surface area contributed by atoms with Crippen LogP contribution in [-0.4, -0.2) is 35.6 Å². The number of hydrogen-bond donors (Lipinski definition) is 1. The van der Waals surface area contributed by atoms with Gasteiger partial charge in [-0.15, -0.1) is 11.3 Å². The van der Waals surface area contributed by atoms with E-state index in [4.69, 9.17) is 0 Å². The van der Waals surface area contributed by atoms with E-state index in [9.17, 15) is 0 Å². The molecule has 0 amide bonds. The van der Waals surface area contributed by atoms with Crippen LogP contribution in [0.3, 0.4) is 0 Å². The molecular weight excluding hydrogens is 244 g/mol. The fourth-order valence-corrected chi connectivity index (χ4v) is 4.08. The van der Waals surface area contributed by atoms with Crippen LogP contribution in [0.15, 0.2) is 17.8 Å². The first-order valence-electron chi connectivity index (χ1n) is 6.58. The SMILES string of the molecule is c1nc(N2CC3CCCNC3C2)c2sccc2n1. The number of anilines is 1. The largest absolute Gasteiger partial charge is 0.353 e. The van der Waals surface area contributed by atoms with Crippen molar-refractivity contribution in [2.24, 2.45) is 5.92 Å². The average Bonchev–Trinajstić information content (AvgIpc) is 3.04. The highest BCUT2D eigenvalue weighted by Gasteiger charge is 2.35. The van der Waals surface area contributed by atoms with Gasteiger partial charge in [0.25, 0.3) is 0 Å². The molecule has 2 aromatic rings. The van der Waals surface area contributed by atoms with Crippen molar-refractivity contribution in [3.8, 4) is 0 Å². The highest BCUT2D eigenvalue weighted by Crippen LogP contribution is 2.33. The minimum absolute atomic E-state index is 0.656. The van der Waals surface area contributed by atoms with Crippen LogP contribution in [-0.2, 0) is 0 Å². The molecule has 18 heavy (non-hydrogen) atoms. The molecule has 5 heteroatoms. The molecule has 0 aliphatic carbocycles. The molecule has 94 valence electrons. The molecule has 2 aliphatic rings. The smallest absolute Gasteiger partial charge is 0.150 e. The van der Waals surface area contributed by atoms with Crippen LogP contribution >= 0.6 is 11.3 Å². The Kier molecular flexibility index (Phi) is 2.48. The van der Waals surface area contributed by atoms with E-state index in [1.165, 1.54) is 24.1 Å². The molecule has 2 unspecified atom stereocenters. The fourth-order valence-electron chi connectivity index (χ4n) is 3.22. The van der Waals surface area contributed by atoms with E-state index in [0.717, 1.165) is 30.3 Å². The highest BCUT2D eigenvalue weighted by molar-refractivity contribution is 7.17. The lowest BCUT2D eigenvalue weighted by molar-refractivity contribution is 0.340. The van der Waals surface area contributed by atoms with Gasteiger partial charge >= 0.3 is 0 Å². The average molecular weight is 260 g/mol. The second-order valence-corrected chi connectivity index (χ2v) is 6.12. The number of nitrogens with zero attached hydrogens (tertiary/aromatic N) is 3. The van der Waals surface area contributed by atoms with Crippen molar-refractivity contribution >= 4 is 27.4 Å². The van der Waals surface area contributed by atoms with E-state index in [2.05, 4.69) is 31.6 Å². The van der Waals surface area contributed by atoms with Crippen LogP contribution in [0.5, 0.6) is 0 Å². The maximum atomic E-state index is 4.52. The maximum Gasteiger partial charge on any atom is 0.150 e. The predicted octanol–water partition coefficient (Wildman–Crippen LogP) is 1.88. The van der Waals surface area contributed by atoms with Crippen molar-refractivity contribution in [3.05, 3.63) is 17.8 Å². The van der Waals surface area contributed by atoms with Gasteiger partial charge in [-0.25, -0.2) is 9.97 Å². The number of nitrogens with one attached hydrogen (secondary N) is 1. The van der Waals surface area contributed by atoms with E-state index in [1.54, 1.807) is 17.7 Å². The Labute approximate surface area is 110 Å². The molecule has 0 spiro atoms. The Balaban J connectivity index is 1.69. The fraction of sp³-hybridized carbons (Fsp3) is 0.538. The minimum atomic E-state index is 0.656. The molecule has 0 saturated carbocycles. The lowest BCUT2D eigenvalue weighted by atomic mass is 9.94. The Bertz CT molecular complexity index is 553. The number of piperidine rings is 1. The first-order chi connectivity index (χ1) is 8.92. The molecule has 4 rings (SSSR count). The monoisotopic (exact) mass is 260 g/mol. The van der Waals surface area contributed by atoms with Crippen molar-refractivity contribution in [1.29, 1.82) is 0 Å². The molecule has 4 nitrogen and oxygen atoms in total. The van der Waals surface area contributed by atoms with Gasteiger partial charge in [0.1, 0.15) is 12.1 Å². The summed E-state index contributed by atoms with van der Waals surface area (Å²) in [6, 6.07) is 2.73. The highest BCUT2D eigenvalue weighted by atomic mass is 32.1. The lowest BCUT2D eigenvalue weighted by Crippen LogP contribution is -2.40. The van der Waals surface area contributed by atoms with Crippen LogP contribution in [0.2, 0.25) is 0 Å². The number of rotatable bonds is 1. The quantitative estimate of drug-likeness (QED) is 0.850. The van der Waals surface area contributed by atoms with Crippen LogP contribution < -0.4 is 10.2 Å². The van der Waals surface area contributed by atoms with E-state index in [1.807, 2.05) is 0 Å². The molecule has 2 atom stereocenters. The topological polar surface area (TPSA) is 41.1 Å². The van der Waals surface area contributed by atoms with E-state index in [0.29, 0.717) is 6.04 Å². The first kappa shape index (κ1) is 10.7. The standard InChI is InChI=1S/C13H16N4S/c1-2-9-6-17(7-11(9)14-4-1)13-12-10(3-5-18-12)15-8-16-13/h3,5,8-9,11,14H,1-2,4,6-7H2. The van der Waals surface area contributed by atoms with Crippen molar-refractivity contribution in [3.63, 3.8) is 0 Å². The molecule has 2 aliphatic heterocycles. The van der Waals surface area contributed by atoms with Crippen molar-refractivity contribution in [2.75, 3.05) is 24.5 Å². The van der Waals surface area contributed by atoms with Crippen molar-refractivity contribution in [2.45, 2.75) is 18.9 Å². The van der Waals surface area contributed by atoms with Gasteiger partial charge in [0.05, 0.1) is 10.2 Å². The van der Waals surface area contributed by atoms with E-state index < -0.39 is 0 Å². The third-order valence-electron chi connectivity index (χ3n) is 4.12. The summed E-state index contributed by atoms with van der Waals surface area (Å²) in [5.41, 5.74) is 1.08. The van der Waals surface area contributed by atoms with Gasteiger partial charge in [0.2, 0.25) is 0 Å². The van der Waals surface area contributed by atoms with E-state index in [-0.39, 0.29) is 0 Å². The Morgan fingerprint density at radius 1 is 1.33 bits per heavy atom. The van der Waals surface area contributed by atoms with Crippen LogP contribution in [0.1, 0.15) is 12.8 Å². The Morgan fingerprint density at radius 3 is 3.28 bits per heavy atom. The van der Waals surface area contributed by atoms with Gasteiger partial charge in [-0.2, -0.15) is 0 Å². The third-order valence-corrected chi connectivity index (χ3v) is 5.02. The minimum Gasteiger partial charge on any atom is -0.353 e. The number of aromatic nitrogens is 2. The van der Waals surface area contributed by atoms with Crippen molar-refractivity contribution < 1.29 is 0 Å². The summed E-state index contributed by atoms with van der Waals surface area (Å²) >= 11 is 1.75. The van der Waals surface area contributed by atoms with Gasteiger partial charge in [0, 0.05) is 19.1 Å². The zero-order valence-electron chi connectivity index (χ0n) is 10.2. The zero-order chi connectivity index (χ0) is 11.9. The molecule has 0 bridgehead atoms. The molecule has 0 aromatic carbocycles. The van der Waals surface area contributed by atoms with Crippen molar-refractivity contribution in [1.82, 2.24) is 15.3 Å². The summed E-state index contributed by atoms with van der Waals surface area (Å²) in [5, 5.41) is 5.74. The van der Waals surface area contributed by atoms with Crippen LogP contribution in [0, 0.1) is 5.92 Å². The second-order valence-electron chi connectivity index (χ2n) is 5.20. The summed E-state index contributed by atoms with van der Waals surface area (Å²) in [4.78, 5) is 11.3. The van der Waals surface area contributed by atoms with Crippen LogP contribution in [0.25, 0.3) is 10.2 Å². The van der Waals surface area contributed by atoms with Crippen LogP contribution in [0.4, 0.5) is 5.82 Å². The predicted molar refractivity (Wildman–Crippen MR) is 74.1 cm³/mol. The Morgan fingerprint density at radius 2 is 2.33 bits per heavy atom. The Hall–Kier alpha value is -1.20. The summed E-state index contributed by atoms with van der Waals surface area (Å²) in [5.74, 6) is 1.93. The van der Waals surface area contributed by atoms with Gasteiger partial charge in [0.15, 0.2) is 0 Å². The summed E-state index contributed by atoms with van der Waals surface area (Å²) in [6.45, 7) is 3.41. The number of hydrogen-bond acceptors (Lipinski definition) is 5. The number of fused-ring (bicyclic) bond motifs is 2. The number of thiophene rings is 1. The van der Waals surface area contributed by atoms with Gasteiger partial charge in [-0.05, 0) is 36.8 Å². The molecule has 1 N–H and O–H groups in total. The third kappa shape index (κ3) is 1.61. The zero-order valence-corrected chi connectivity index (χ0v) is 11.0. The summed E-state index contributed by atoms with van der Waals surface area (Å²) < 4.78 is 1.23.